The van der Waals surface area contributed by atoms with Crippen LogP contribution in [0.4, 0.5) is 0 Å². The number of hydrogen-bond acceptors (Lipinski definition) is 3. The van der Waals surface area contributed by atoms with E-state index in [1.165, 1.54) is 12.8 Å². The third-order valence-corrected chi connectivity index (χ3v) is 4.63. The van der Waals surface area contributed by atoms with Crippen molar-refractivity contribution in [3.8, 4) is 0 Å². The summed E-state index contributed by atoms with van der Waals surface area (Å²) in [6.07, 6.45) is 7.94. The maximum Gasteiger partial charge on any atom is 0.223 e. The number of hydrogen-bond donors (Lipinski definition) is 2. The number of nitrogens with two attached hydrogens (primary N) is 1. The van der Waals surface area contributed by atoms with Crippen molar-refractivity contribution >= 4 is 5.91 Å². The van der Waals surface area contributed by atoms with E-state index < -0.39 is 0 Å². The Kier molecular flexibility index (Phi) is 5.01. The summed E-state index contributed by atoms with van der Waals surface area (Å²) in [5, 5.41) is 3.21. The minimum atomic E-state index is 0.134. The zero-order chi connectivity index (χ0) is 13.0. The number of nitrogens with one attached hydrogen (secondary N) is 1. The van der Waals surface area contributed by atoms with Gasteiger partial charge in [0.05, 0.1) is 12.1 Å². The van der Waals surface area contributed by atoms with Gasteiger partial charge in [0, 0.05) is 13.0 Å². The van der Waals surface area contributed by atoms with Crippen LogP contribution in [0.5, 0.6) is 0 Å². The fraction of sp³-hybridized carbons (Fsp3) is 0.929. The van der Waals surface area contributed by atoms with Crippen LogP contribution in [0.25, 0.3) is 0 Å². The average Bonchev–Trinajstić information content (AvgIpc) is 2.87. The summed E-state index contributed by atoms with van der Waals surface area (Å²) < 4.78 is 5.48. The van der Waals surface area contributed by atoms with Crippen LogP contribution in [-0.4, -0.2) is 31.7 Å². The molecular formula is C14H26N2O2. The SMILES string of the molecule is COC1CCCCC1NC(=O)[C@@H]1CCC[C@@H]1CN. The Morgan fingerprint density at radius 3 is 2.72 bits per heavy atom. The Hall–Kier alpha value is -0.610. The summed E-state index contributed by atoms with van der Waals surface area (Å²) >= 11 is 0. The Morgan fingerprint density at radius 2 is 2.00 bits per heavy atom. The molecule has 4 atom stereocenters. The first-order valence-electron chi connectivity index (χ1n) is 7.29. The number of carbonyl (C=O) groups excluding carboxylic acids is 1. The van der Waals surface area contributed by atoms with E-state index in [2.05, 4.69) is 5.32 Å². The lowest BCUT2D eigenvalue weighted by Crippen LogP contribution is -2.48. The molecule has 2 aliphatic carbocycles. The Balaban J connectivity index is 1.89. The Bertz CT molecular complexity index is 283. The van der Waals surface area contributed by atoms with Crippen molar-refractivity contribution in [2.75, 3.05) is 13.7 Å². The molecule has 0 spiro atoms. The van der Waals surface area contributed by atoms with Gasteiger partial charge in [-0.05, 0) is 38.1 Å². The van der Waals surface area contributed by atoms with Gasteiger partial charge < -0.3 is 15.8 Å². The first-order valence-corrected chi connectivity index (χ1v) is 7.29. The van der Waals surface area contributed by atoms with E-state index in [1.807, 2.05) is 0 Å². The van der Waals surface area contributed by atoms with Crippen LogP contribution in [0, 0.1) is 11.8 Å². The first kappa shape index (κ1) is 13.8. The summed E-state index contributed by atoms with van der Waals surface area (Å²) in [4.78, 5) is 12.3. The topological polar surface area (TPSA) is 64.3 Å². The molecule has 0 saturated heterocycles. The van der Waals surface area contributed by atoms with Crippen molar-refractivity contribution in [3.63, 3.8) is 0 Å². The van der Waals surface area contributed by atoms with Crippen molar-refractivity contribution in [2.24, 2.45) is 17.6 Å². The molecular weight excluding hydrogens is 228 g/mol. The van der Waals surface area contributed by atoms with E-state index in [9.17, 15) is 4.79 Å². The van der Waals surface area contributed by atoms with E-state index in [-0.39, 0.29) is 24.0 Å². The highest BCUT2D eigenvalue weighted by Crippen LogP contribution is 2.31. The highest BCUT2D eigenvalue weighted by Gasteiger charge is 2.34. The third kappa shape index (κ3) is 3.04. The molecule has 2 rings (SSSR count). The molecule has 0 bridgehead atoms. The largest absolute Gasteiger partial charge is 0.379 e. The highest BCUT2D eigenvalue weighted by molar-refractivity contribution is 5.79. The minimum Gasteiger partial charge on any atom is -0.379 e. The molecule has 0 aromatic rings. The lowest BCUT2D eigenvalue weighted by Gasteiger charge is -2.32. The zero-order valence-electron chi connectivity index (χ0n) is 11.4. The van der Waals surface area contributed by atoms with E-state index >= 15 is 0 Å². The summed E-state index contributed by atoms with van der Waals surface area (Å²) in [6, 6.07) is 0.204. The van der Waals surface area contributed by atoms with Gasteiger partial charge in [-0.3, -0.25) is 4.79 Å². The van der Waals surface area contributed by atoms with E-state index in [0.717, 1.165) is 32.1 Å². The molecule has 0 aliphatic heterocycles. The van der Waals surface area contributed by atoms with Gasteiger partial charge in [-0.15, -0.1) is 0 Å². The second-order valence-corrected chi connectivity index (χ2v) is 5.71. The number of carbonyl (C=O) groups is 1. The van der Waals surface area contributed by atoms with Crippen LogP contribution in [0.15, 0.2) is 0 Å². The molecule has 4 heteroatoms. The summed E-state index contributed by atoms with van der Waals surface area (Å²) in [5.41, 5.74) is 5.74. The van der Waals surface area contributed by atoms with Crippen molar-refractivity contribution in [1.82, 2.24) is 5.32 Å². The maximum absolute atomic E-state index is 12.3. The molecule has 0 heterocycles. The van der Waals surface area contributed by atoms with Crippen molar-refractivity contribution < 1.29 is 9.53 Å². The molecule has 1 amide bonds. The molecule has 0 aromatic carbocycles. The first-order chi connectivity index (χ1) is 8.76. The molecule has 2 fully saturated rings. The summed E-state index contributed by atoms with van der Waals surface area (Å²) in [5.74, 6) is 0.723. The van der Waals surface area contributed by atoms with Gasteiger partial charge in [0.1, 0.15) is 0 Å². The van der Waals surface area contributed by atoms with Crippen molar-refractivity contribution in [1.29, 1.82) is 0 Å². The van der Waals surface area contributed by atoms with Gasteiger partial charge in [0.2, 0.25) is 5.91 Å². The Labute approximate surface area is 110 Å². The molecule has 0 radical (unpaired) electrons. The Morgan fingerprint density at radius 1 is 1.22 bits per heavy atom. The second kappa shape index (κ2) is 6.53. The quantitative estimate of drug-likeness (QED) is 0.798. The monoisotopic (exact) mass is 254 g/mol. The molecule has 4 nitrogen and oxygen atoms in total. The van der Waals surface area contributed by atoms with Gasteiger partial charge in [-0.1, -0.05) is 19.3 Å². The van der Waals surface area contributed by atoms with Crippen LogP contribution < -0.4 is 11.1 Å². The predicted octanol–water partition coefficient (Wildman–Crippen LogP) is 1.44. The zero-order valence-corrected chi connectivity index (χ0v) is 11.4. The van der Waals surface area contributed by atoms with Gasteiger partial charge >= 0.3 is 0 Å². The molecule has 104 valence electrons. The fourth-order valence-corrected chi connectivity index (χ4v) is 3.50. The highest BCUT2D eigenvalue weighted by atomic mass is 16.5. The lowest BCUT2D eigenvalue weighted by atomic mass is 9.90. The van der Waals surface area contributed by atoms with Gasteiger partial charge in [0.25, 0.3) is 0 Å². The summed E-state index contributed by atoms with van der Waals surface area (Å²) in [7, 11) is 1.74. The molecule has 3 N–H and O–H groups in total. The molecule has 0 aromatic heterocycles. The van der Waals surface area contributed by atoms with Crippen LogP contribution in [-0.2, 0) is 9.53 Å². The average molecular weight is 254 g/mol. The van der Waals surface area contributed by atoms with Crippen molar-refractivity contribution in [3.05, 3.63) is 0 Å². The predicted molar refractivity (Wildman–Crippen MR) is 71.1 cm³/mol. The van der Waals surface area contributed by atoms with Gasteiger partial charge in [-0.25, -0.2) is 0 Å². The van der Waals surface area contributed by atoms with Crippen LogP contribution >= 0.6 is 0 Å². The number of methoxy groups -OCH3 is 1. The molecule has 18 heavy (non-hydrogen) atoms. The second-order valence-electron chi connectivity index (χ2n) is 5.71. The standard InChI is InChI=1S/C14H26N2O2/c1-18-13-8-3-2-7-12(13)16-14(17)11-6-4-5-10(11)9-15/h10-13H,2-9,15H2,1H3,(H,16,17)/t10-,11-,12?,13?/m1/s1. The normalized spacial score (nSPS) is 36.6. The van der Waals surface area contributed by atoms with Crippen LogP contribution in [0.1, 0.15) is 44.9 Å². The summed E-state index contributed by atoms with van der Waals surface area (Å²) in [6.45, 7) is 0.635. The van der Waals surface area contributed by atoms with Gasteiger partial charge in [0.15, 0.2) is 0 Å². The number of rotatable bonds is 4. The van der Waals surface area contributed by atoms with Crippen LogP contribution in [0.2, 0.25) is 0 Å². The lowest BCUT2D eigenvalue weighted by molar-refractivity contribution is -0.128. The van der Waals surface area contributed by atoms with Crippen molar-refractivity contribution in [2.45, 2.75) is 57.1 Å². The van der Waals surface area contributed by atoms with E-state index in [0.29, 0.717) is 12.5 Å². The fourth-order valence-electron chi connectivity index (χ4n) is 3.50. The molecule has 2 saturated carbocycles. The van der Waals surface area contributed by atoms with Crippen LogP contribution in [0.3, 0.4) is 0 Å². The third-order valence-electron chi connectivity index (χ3n) is 4.63. The minimum absolute atomic E-state index is 0.134. The maximum atomic E-state index is 12.3. The van der Waals surface area contributed by atoms with E-state index in [1.54, 1.807) is 7.11 Å². The smallest absolute Gasteiger partial charge is 0.223 e. The molecule has 2 unspecified atom stereocenters. The molecule has 2 aliphatic rings. The number of amides is 1. The van der Waals surface area contributed by atoms with E-state index in [4.69, 9.17) is 10.5 Å². The van der Waals surface area contributed by atoms with Gasteiger partial charge in [-0.2, -0.15) is 0 Å². The number of ether oxygens (including phenoxy) is 1.